The Balaban J connectivity index is 3.06. The van der Waals surface area contributed by atoms with Gasteiger partial charge in [0.25, 0.3) is 0 Å². The largest absolute Gasteiger partial charge is 0.392 e. The first-order valence-electron chi connectivity index (χ1n) is 4.03. The summed E-state index contributed by atoms with van der Waals surface area (Å²) in [5.41, 5.74) is 2.30. The molecule has 0 bridgehead atoms. The summed E-state index contributed by atoms with van der Waals surface area (Å²) in [4.78, 5) is 0. The van der Waals surface area contributed by atoms with Crippen LogP contribution in [0.2, 0.25) is 0 Å². The summed E-state index contributed by atoms with van der Waals surface area (Å²) < 4.78 is 1.20. The Morgan fingerprint density at radius 1 is 1.33 bits per heavy atom. The van der Waals surface area contributed by atoms with Crippen molar-refractivity contribution in [2.75, 3.05) is 0 Å². The molecule has 2 heteroatoms. The summed E-state index contributed by atoms with van der Waals surface area (Å²) in [7, 11) is 0. The number of aliphatic hydroxyl groups excluding tert-OH is 1. The van der Waals surface area contributed by atoms with Gasteiger partial charge in [-0.05, 0) is 51.8 Å². The van der Waals surface area contributed by atoms with Crippen molar-refractivity contribution >= 4 is 22.6 Å². The lowest BCUT2D eigenvalue weighted by Crippen LogP contribution is -1.92. The van der Waals surface area contributed by atoms with Crippen LogP contribution < -0.4 is 0 Å². The molecule has 0 saturated carbocycles. The average Bonchev–Trinajstić information content (AvgIpc) is 2.03. The fourth-order valence-corrected chi connectivity index (χ4v) is 1.86. The second-order valence-corrected chi connectivity index (χ2v) is 4.45. The molecule has 66 valence electrons. The molecular formula is C10H13IO. The van der Waals surface area contributed by atoms with E-state index < -0.39 is 0 Å². The van der Waals surface area contributed by atoms with Gasteiger partial charge in [0.2, 0.25) is 0 Å². The minimum atomic E-state index is 0.135. The number of rotatable bonds is 2. The summed E-state index contributed by atoms with van der Waals surface area (Å²) in [6, 6.07) is 6.23. The van der Waals surface area contributed by atoms with E-state index in [-0.39, 0.29) is 6.61 Å². The third kappa shape index (κ3) is 2.45. The first kappa shape index (κ1) is 9.99. The zero-order valence-corrected chi connectivity index (χ0v) is 9.50. The van der Waals surface area contributed by atoms with Gasteiger partial charge in [-0.3, -0.25) is 0 Å². The van der Waals surface area contributed by atoms with Crippen molar-refractivity contribution in [3.63, 3.8) is 0 Å². The quantitative estimate of drug-likeness (QED) is 0.823. The Kier molecular flexibility index (Phi) is 3.53. The Hall–Kier alpha value is -0.0900. The molecule has 0 fully saturated rings. The van der Waals surface area contributed by atoms with Crippen LogP contribution in [0.1, 0.15) is 30.9 Å². The van der Waals surface area contributed by atoms with E-state index in [4.69, 9.17) is 5.11 Å². The van der Waals surface area contributed by atoms with Gasteiger partial charge >= 0.3 is 0 Å². The molecule has 0 heterocycles. The monoisotopic (exact) mass is 276 g/mol. The lowest BCUT2D eigenvalue weighted by molar-refractivity contribution is 0.281. The van der Waals surface area contributed by atoms with Crippen LogP contribution in [0.4, 0.5) is 0 Å². The lowest BCUT2D eigenvalue weighted by atomic mass is 10.0. The van der Waals surface area contributed by atoms with Crippen LogP contribution in [-0.4, -0.2) is 5.11 Å². The predicted molar refractivity (Wildman–Crippen MR) is 59.2 cm³/mol. The van der Waals surface area contributed by atoms with E-state index >= 15 is 0 Å². The summed E-state index contributed by atoms with van der Waals surface area (Å²) in [5, 5.41) is 8.96. The summed E-state index contributed by atoms with van der Waals surface area (Å²) in [6.45, 7) is 4.45. The fourth-order valence-electron chi connectivity index (χ4n) is 1.10. The van der Waals surface area contributed by atoms with Crippen molar-refractivity contribution in [3.05, 3.63) is 32.9 Å². The minimum absolute atomic E-state index is 0.135. The molecule has 0 unspecified atom stereocenters. The van der Waals surface area contributed by atoms with E-state index in [0.29, 0.717) is 5.92 Å². The molecule has 1 N–H and O–H groups in total. The van der Waals surface area contributed by atoms with Gasteiger partial charge in [-0.2, -0.15) is 0 Å². The van der Waals surface area contributed by atoms with Gasteiger partial charge in [-0.15, -0.1) is 0 Å². The van der Waals surface area contributed by atoms with E-state index in [1.54, 1.807) is 0 Å². The van der Waals surface area contributed by atoms with E-state index in [1.807, 2.05) is 6.07 Å². The molecule has 0 aliphatic rings. The molecule has 1 aromatic rings. The zero-order chi connectivity index (χ0) is 9.14. The smallest absolute Gasteiger partial charge is 0.0682 e. The third-order valence-corrected chi connectivity index (χ3v) is 2.45. The summed E-state index contributed by atoms with van der Waals surface area (Å²) in [6.07, 6.45) is 0. The van der Waals surface area contributed by atoms with Crippen molar-refractivity contribution in [2.45, 2.75) is 26.4 Å². The SMILES string of the molecule is CC(C)c1cc(I)cc(CO)c1. The zero-order valence-electron chi connectivity index (χ0n) is 7.34. The van der Waals surface area contributed by atoms with Crippen molar-refractivity contribution < 1.29 is 5.11 Å². The average molecular weight is 276 g/mol. The predicted octanol–water partition coefficient (Wildman–Crippen LogP) is 2.91. The Morgan fingerprint density at radius 3 is 2.50 bits per heavy atom. The highest BCUT2D eigenvalue weighted by Gasteiger charge is 2.01. The first-order valence-corrected chi connectivity index (χ1v) is 5.11. The maximum Gasteiger partial charge on any atom is 0.0682 e. The van der Waals surface area contributed by atoms with E-state index in [2.05, 4.69) is 48.6 Å². The molecule has 0 aromatic heterocycles. The fraction of sp³-hybridized carbons (Fsp3) is 0.400. The van der Waals surface area contributed by atoms with Gasteiger partial charge in [0.15, 0.2) is 0 Å². The van der Waals surface area contributed by atoms with Crippen LogP contribution >= 0.6 is 22.6 Å². The topological polar surface area (TPSA) is 20.2 Å². The molecule has 0 saturated heterocycles. The molecule has 12 heavy (non-hydrogen) atoms. The van der Waals surface area contributed by atoms with Crippen LogP contribution in [0.25, 0.3) is 0 Å². The van der Waals surface area contributed by atoms with Gasteiger partial charge in [-0.25, -0.2) is 0 Å². The van der Waals surface area contributed by atoms with Crippen molar-refractivity contribution in [3.8, 4) is 0 Å². The van der Waals surface area contributed by atoms with Crippen LogP contribution in [0.3, 0.4) is 0 Å². The number of benzene rings is 1. The number of hydrogen-bond acceptors (Lipinski definition) is 1. The Bertz CT molecular complexity index is 269. The molecule has 0 amide bonds. The van der Waals surface area contributed by atoms with Crippen LogP contribution in [0, 0.1) is 3.57 Å². The minimum Gasteiger partial charge on any atom is -0.392 e. The standard InChI is InChI=1S/C10H13IO/c1-7(2)9-3-8(6-12)4-10(11)5-9/h3-5,7,12H,6H2,1-2H3. The van der Waals surface area contributed by atoms with Gasteiger partial charge in [0.1, 0.15) is 0 Å². The molecule has 0 spiro atoms. The van der Waals surface area contributed by atoms with Crippen molar-refractivity contribution in [2.24, 2.45) is 0 Å². The third-order valence-electron chi connectivity index (χ3n) is 1.83. The molecule has 1 aromatic carbocycles. The number of hydrogen-bond donors (Lipinski definition) is 1. The summed E-state index contributed by atoms with van der Waals surface area (Å²) in [5.74, 6) is 0.532. The van der Waals surface area contributed by atoms with E-state index in [1.165, 1.54) is 9.13 Å². The number of halogens is 1. The maximum atomic E-state index is 8.96. The van der Waals surface area contributed by atoms with Gasteiger partial charge in [0, 0.05) is 3.57 Å². The van der Waals surface area contributed by atoms with Gasteiger partial charge in [0.05, 0.1) is 6.61 Å². The second-order valence-electron chi connectivity index (χ2n) is 3.21. The molecule has 0 aliphatic heterocycles. The van der Waals surface area contributed by atoms with Gasteiger partial charge < -0.3 is 5.11 Å². The molecular weight excluding hydrogens is 263 g/mol. The van der Waals surface area contributed by atoms with Crippen molar-refractivity contribution in [1.29, 1.82) is 0 Å². The Labute approximate surface area is 86.9 Å². The second kappa shape index (κ2) is 4.23. The number of aliphatic hydroxyl groups is 1. The van der Waals surface area contributed by atoms with Gasteiger partial charge in [-0.1, -0.05) is 19.9 Å². The maximum absolute atomic E-state index is 8.96. The first-order chi connectivity index (χ1) is 5.63. The molecule has 1 rings (SSSR count). The van der Waals surface area contributed by atoms with E-state index in [9.17, 15) is 0 Å². The van der Waals surface area contributed by atoms with Crippen LogP contribution in [0.15, 0.2) is 18.2 Å². The Morgan fingerprint density at radius 2 is 2.00 bits per heavy atom. The normalized spacial score (nSPS) is 10.8. The highest BCUT2D eigenvalue weighted by Crippen LogP contribution is 2.19. The lowest BCUT2D eigenvalue weighted by Gasteiger charge is -2.07. The summed E-state index contributed by atoms with van der Waals surface area (Å²) >= 11 is 2.28. The highest BCUT2D eigenvalue weighted by atomic mass is 127. The van der Waals surface area contributed by atoms with E-state index in [0.717, 1.165) is 5.56 Å². The molecule has 0 atom stereocenters. The highest BCUT2D eigenvalue weighted by molar-refractivity contribution is 14.1. The van der Waals surface area contributed by atoms with Crippen molar-refractivity contribution in [1.82, 2.24) is 0 Å². The molecule has 0 aliphatic carbocycles. The van der Waals surface area contributed by atoms with Crippen LogP contribution in [-0.2, 0) is 6.61 Å². The van der Waals surface area contributed by atoms with Crippen LogP contribution in [0.5, 0.6) is 0 Å². The molecule has 0 radical (unpaired) electrons. The molecule has 1 nitrogen and oxygen atoms in total.